The van der Waals surface area contributed by atoms with Crippen LogP contribution in [-0.2, 0) is 65.4 Å². The number of rotatable bonds is 71. The topological polar surface area (TPSA) is 237 Å². The highest BCUT2D eigenvalue weighted by atomic mass is 31.2. The first kappa shape index (κ1) is 91.5. The monoisotopic (exact) mass is 1380 g/mol. The fourth-order valence-electron chi connectivity index (χ4n) is 10.9. The third-order valence-corrected chi connectivity index (χ3v) is 19.0. The molecule has 6 atom stereocenters. The van der Waals surface area contributed by atoms with Gasteiger partial charge in [-0.15, -0.1) is 0 Å². The van der Waals surface area contributed by atoms with Crippen LogP contribution in [0.25, 0.3) is 0 Å². The Morgan fingerprint density at radius 1 is 0.351 bits per heavy atom. The van der Waals surface area contributed by atoms with Gasteiger partial charge in [-0.25, -0.2) is 9.13 Å². The van der Waals surface area contributed by atoms with E-state index >= 15 is 0 Å². The van der Waals surface area contributed by atoms with Crippen molar-refractivity contribution in [3.8, 4) is 0 Å². The molecule has 4 unspecified atom stereocenters. The summed E-state index contributed by atoms with van der Waals surface area (Å²) in [5.41, 5.74) is 0. The van der Waals surface area contributed by atoms with Crippen molar-refractivity contribution in [3.05, 3.63) is 24.3 Å². The standard InChI is InChI=1S/C75H142O17P2/c1-8-10-11-12-13-14-15-16-17-21-24-27-36-44-51-58-75(80)92-71(63-86-73(78)57-50-43-38-31-33-40-47-54-67(5)6)65-90-94(83,84)88-61-69(76)60-87-93(81,82)89-64-70(62-85-72(77)56-49-42-35-30-29-32-39-46-53-66(3)4)91-74(79)59-52-45-37-28-25-22-19-18-20-23-26-34-41-48-55-68(7)9-2/h14-17,66-71,76H,8-13,18-65H2,1-7H3,(H,81,82)(H,83,84)/b15-14-,17-16-/t68?,69?,70-,71-/m1/s1. The average molecular weight is 1380 g/mol. The normalized spacial score (nSPS) is 14.6. The molecule has 0 aromatic heterocycles. The Morgan fingerprint density at radius 3 is 0.947 bits per heavy atom. The van der Waals surface area contributed by atoms with E-state index < -0.39 is 97.5 Å². The lowest BCUT2D eigenvalue weighted by molar-refractivity contribution is -0.161. The van der Waals surface area contributed by atoms with Crippen LogP contribution in [0.15, 0.2) is 24.3 Å². The van der Waals surface area contributed by atoms with Crippen molar-refractivity contribution in [1.82, 2.24) is 0 Å². The number of carbonyl (C=O) groups is 4. The summed E-state index contributed by atoms with van der Waals surface area (Å²) in [6.45, 7) is 11.8. The van der Waals surface area contributed by atoms with E-state index in [2.05, 4.69) is 72.8 Å². The number of aliphatic hydroxyl groups is 1. The lowest BCUT2D eigenvalue weighted by Crippen LogP contribution is -2.30. The molecule has 0 rings (SSSR count). The van der Waals surface area contributed by atoms with E-state index in [1.54, 1.807) is 0 Å². The second kappa shape index (κ2) is 65.2. The smallest absolute Gasteiger partial charge is 0.462 e. The Bertz CT molecular complexity index is 1930. The van der Waals surface area contributed by atoms with Crippen molar-refractivity contribution in [2.24, 2.45) is 17.8 Å². The van der Waals surface area contributed by atoms with Crippen molar-refractivity contribution in [1.29, 1.82) is 0 Å². The maximum absolute atomic E-state index is 13.1. The van der Waals surface area contributed by atoms with Crippen LogP contribution < -0.4 is 0 Å². The molecule has 0 aliphatic rings. The van der Waals surface area contributed by atoms with E-state index in [1.165, 1.54) is 148 Å². The van der Waals surface area contributed by atoms with Crippen LogP contribution in [0.3, 0.4) is 0 Å². The fourth-order valence-corrected chi connectivity index (χ4v) is 12.4. The Labute approximate surface area is 573 Å². The van der Waals surface area contributed by atoms with Crippen molar-refractivity contribution >= 4 is 39.5 Å². The van der Waals surface area contributed by atoms with Crippen LogP contribution in [0, 0.1) is 17.8 Å². The van der Waals surface area contributed by atoms with Crippen LogP contribution in [0.4, 0.5) is 0 Å². The van der Waals surface area contributed by atoms with E-state index in [1.807, 2.05) is 0 Å². The zero-order chi connectivity index (χ0) is 69.4. The van der Waals surface area contributed by atoms with E-state index in [0.717, 1.165) is 121 Å². The van der Waals surface area contributed by atoms with Gasteiger partial charge in [0, 0.05) is 25.7 Å². The molecule has 0 aromatic carbocycles. The molecule has 0 bridgehead atoms. The van der Waals surface area contributed by atoms with Gasteiger partial charge in [0.15, 0.2) is 12.2 Å². The van der Waals surface area contributed by atoms with Crippen LogP contribution in [-0.4, -0.2) is 96.7 Å². The molecule has 0 fully saturated rings. The molecule has 0 heterocycles. The predicted molar refractivity (Wildman–Crippen MR) is 381 cm³/mol. The number of hydrogen-bond donors (Lipinski definition) is 3. The number of ether oxygens (including phenoxy) is 4. The Hall–Kier alpha value is -2.46. The molecule has 19 heteroatoms. The minimum absolute atomic E-state index is 0.0839. The lowest BCUT2D eigenvalue weighted by Gasteiger charge is -2.21. The second-order valence-electron chi connectivity index (χ2n) is 27.5. The number of allylic oxidation sites excluding steroid dienone is 4. The molecular formula is C75H142O17P2. The van der Waals surface area contributed by atoms with Gasteiger partial charge >= 0.3 is 39.5 Å². The van der Waals surface area contributed by atoms with Crippen LogP contribution in [0.2, 0.25) is 0 Å². The van der Waals surface area contributed by atoms with Crippen LogP contribution in [0.1, 0.15) is 357 Å². The highest BCUT2D eigenvalue weighted by molar-refractivity contribution is 7.47. The van der Waals surface area contributed by atoms with Gasteiger partial charge in [-0.1, -0.05) is 304 Å². The van der Waals surface area contributed by atoms with Crippen LogP contribution >= 0.6 is 15.6 Å². The summed E-state index contributed by atoms with van der Waals surface area (Å²) < 4.78 is 68.4. The minimum Gasteiger partial charge on any atom is -0.462 e. The fraction of sp³-hybridized carbons (Fsp3) is 0.893. The van der Waals surface area contributed by atoms with Gasteiger partial charge in [0.05, 0.1) is 26.4 Å². The van der Waals surface area contributed by atoms with Crippen LogP contribution in [0.5, 0.6) is 0 Å². The third-order valence-electron chi connectivity index (χ3n) is 17.1. The highest BCUT2D eigenvalue weighted by Crippen LogP contribution is 2.45. The minimum atomic E-state index is -4.96. The molecule has 554 valence electrons. The molecular weight excluding hydrogens is 1230 g/mol. The summed E-state index contributed by atoms with van der Waals surface area (Å²) in [5, 5.41) is 10.6. The summed E-state index contributed by atoms with van der Waals surface area (Å²) in [6.07, 6.45) is 53.6. The zero-order valence-corrected chi connectivity index (χ0v) is 62.7. The van der Waals surface area contributed by atoms with Gasteiger partial charge in [-0.3, -0.25) is 37.3 Å². The maximum Gasteiger partial charge on any atom is 0.472 e. The number of hydrogen-bond acceptors (Lipinski definition) is 15. The molecule has 0 amide bonds. The number of phosphoric acid groups is 2. The van der Waals surface area contributed by atoms with E-state index in [0.29, 0.717) is 31.6 Å². The zero-order valence-electron chi connectivity index (χ0n) is 60.9. The van der Waals surface area contributed by atoms with Gasteiger partial charge in [0.2, 0.25) is 0 Å². The SMILES string of the molecule is CCCCCC/C=C\C=C/CCCCCCCC(=O)O[C@H](COC(=O)CCCCCCCCCC(C)C)COP(=O)(O)OCC(O)COP(=O)(O)OC[C@@H](COC(=O)CCCCCCCCCCC(C)C)OC(=O)CCCCCCCCCCCCCCCCC(C)CC. The van der Waals surface area contributed by atoms with Crippen molar-refractivity contribution < 1.29 is 80.2 Å². The number of phosphoric ester groups is 2. The first-order chi connectivity index (χ1) is 45.3. The molecule has 0 spiro atoms. The summed E-state index contributed by atoms with van der Waals surface area (Å²) in [4.78, 5) is 72.7. The molecule has 0 saturated heterocycles. The molecule has 94 heavy (non-hydrogen) atoms. The van der Waals surface area contributed by atoms with Crippen molar-refractivity contribution in [2.45, 2.75) is 375 Å². The molecule has 0 saturated carbocycles. The average Bonchev–Trinajstić information content (AvgIpc) is 3.58. The first-order valence-corrected chi connectivity index (χ1v) is 41.2. The maximum atomic E-state index is 13.1. The largest absolute Gasteiger partial charge is 0.472 e. The summed E-state index contributed by atoms with van der Waals surface area (Å²) in [7, 11) is -9.92. The molecule has 0 radical (unpaired) electrons. The van der Waals surface area contributed by atoms with Gasteiger partial charge < -0.3 is 33.8 Å². The van der Waals surface area contributed by atoms with Gasteiger partial charge in [-0.2, -0.15) is 0 Å². The van der Waals surface area contributed by atoms with Crippen molar-refractivity contribution in [2.75, 3.05) is 39.6 Å². The number of esters is 4. The van der Waals surface area contributed by atoms with Crippen molar-refractivity contribution in [3.63, 3.8) is 0 Å². The van der Waals surface area contributed by atoms with E-state index in [4.69, 9.17) is 37.0 Å². The predicted octanol–water partition coefficient (Wildman–Crippen LogP) is 21.3. The van der Waals surface area contributed by atoms with E-state index in [-0.39, 0.29) is 25.7 Å². The number of unbranched alkanes of at least 4 members (excludes halogenated alkanes) is 35. The molecule has 0 aromatic rings. The summed E-state index contributed by atoms with van der Waals surface area (Å²) in [6, 6.07) is 0. The Balaban J connectivity index is 5.27. The Morgan fingerprint density at radius 2 is 0.628 bits per heavy atom. The summed E-state index contributed by atoms with van der Waals surface area (Å²) in [5.74, 6) is 0.119. The quantitative estimate of drug-likeness (QED) is 0.0169. The van der Waals surface area contributed by atoms with E-state index in [9.17, 15) is 43.2 Å². The second-order valence-corrected chi connectivity index (χ2v) is 30.5. The number of aliphatic hydroxyl groups excluding tert-OH is 1. The highest BCUT2D eigenvalue weighted by Gasteiger charge is 2.30. The first-order valence-electron chi connectivity index (χ1n) is 38.2. The Kier molecular flexibility index (Phi) is 63.5. The lowest BCUT2D eigenvalue weighted by atomic mass is 9.99. The molecule has 0 aliphatic heterocycles. The molecule has 3 N–H and O–H groups in total. The van der Waals surface area contributed by atoms with Gasteiger partial charge in [-0.05, 0) is 69.1 Å². The third kappa shape index (κ3) is 66.8. The van der Waals surface area contributed by atoms with Gasteiger partial charge in [0.1, 0.15) is 19.3 Å². The number of carbonyl (C=O) groups excluding carboxylic acids is 4. The molecule has 0 aliphatic carbocycles. The van der Waals surface area contributed by atoms with Gasteiger partial charge in [0.25, 0.3) is 0 Å². The molecule has 17 nitrogen and oxygen atoms in total. The summed E-state index contributed by atoms with van der Waals surface area (Å²) >= 11 is 0.